The molecule has 0 bridgehead atoms. The van der Waals surface area contributed by atoms with Gasteiger partial charge >= 0.3 is 0 Å². The summed E-state index contributed by atoms with van der Waals surface area (Å²) >= 11 is 0. The number of ether oxygens (including phenoxy) is 1. The van der Waals surface area contributed by atoms with Crippen LogP contribution in [-0.2, 0) is 0 Å². The summed E-state index contributed by atoms with van der Waals surface area (Å²) in [6.45, 7) is 4.54. The van der Waals surface area contributed by atoms with Gasteiger partial charge in [-0.1, -0.05) is 29.8 Å². The van der Waals surface area contributed by atoms with Crippen molar-refractivity contribution >= 4 is 5.91 Å². The quantitative estimate of drug-likeness (QED) is 0.783. The maximum atomic E-state index is 11.5. The van der Waals surface area contributed by atoms with Crippen LogP contribution in [0.25, 0.3) is 17.1 Å². The minimum Gasteiger partial charge on any atom is -0.494 e. The van der Waals surface area contributed by atoms with Gasteiger partial charge in [0.25, 0.3) is 5.91 Å². The Morgan fingerprint density at radius 3 is 2.38 bits per heavy atom. The average Bonchev–Trinajstić information content (AvgIpc) is 3.02. The molecule has 24 heavy (non-hydrogen) atoms. The molecule has 0 atom stereocenters. The Labute approximate surface area is 139 Å². The Morgan fingerprint density at radius 2 is 1.79 bits per heavy atom. The van der Waals surface area contributed by atoms with Crippen LogP contribution in [0.5, 0.6) is 5.75 Å². The Morgan fingerprint density at radius 1 is 1.12 bits per heavy atom. The summed E-state index contributed by atoms with van der Waals surface area (Å²) in [5.74, 6) is 0.661. The highest BCUT2D eigenvalue weighted by Gasteiger charge is 2.16. The van der Waals surface area contributed by atoms with Gasteiger partial charge in [-0.15, -0.1) is 5.10 Å². The van der Waals surface area contributed by atoms with E-state index in [1.54, 1.807) is 4.68 Å². The van der Waals surface area contributed by atoms with Gasteiger partial charge in [0, 0.05) is 5.56 Å². The van der Waals surface area contributed by atoms with Gasteiger partial charge in [0.15, 0.2) is 5.82 Å². The molecule has 2 aromatic carbocycles. The summed E-state index contributed by atoms with van der Waals surface area (Å²) in [6.07, 6.45) is 0. The fraction of sp³-hybridized carbons (Fsp3) is 0.167. The zero-order valence-electron chi connectivity index (χ0n) is 13.6. The highest BCUT2D eigenvalue weighted by molar-refractivity contribution is 5.89. The van der Waals surface area contributed by atoms with Crippen LogP contribution in [0.1, 0.15) is 23.1 Å². The second-order valence-corrected chi connectivity index (χ2v) is 5.33. The Bertz CT molecular complexity index is 852. The molecule has 0 radical (unpaired) electrons. The molecule has 3 aromatic rings. The largest absolute Gasteiger partial charge is 0.494 e. The molecular weight excluding hydrogens is 304 g/mol. The molecule has 2 N–H and O–H groups in total. The van der Waals surface area contributed by atoms with E-state index in [4.69, 9.17) is 10.5 Å². The number of carbonyl (C=O) groups excluding carboxylic acids is 1. The van der Waals surface area contributed by atoms with Crippen LogP contribution in [0, 0.1) is 6.92 Å². The highest BCUT2D eigenvalue weighted by atomic mass is 16.5. The fourth-order valence-corrected chi connectivity index (χ4v) is 2.34. The molecule has 0 aliphatic rings. The maximum absolute atomic E-state index is 11.5. The SMILES string of the molecule is CCOc1ccc(-n2nc(C(N)=O)nc2-c2ccc(C)cc2)cc1. The number of primary amides is 1. The van der Waals surface area contributed by atoms with E-state index in [0.717, 1.165) is 22.6 Å². The molecule has 6 heteroatoms. The zero-order chi connectivity index (χ0) is 17.1. The van der Waals surface area contributed by atoms with Gasteiger partial charge in [0.05, 0.1) is 12.3 Å². The van der Waals surface area contributed by atoms with Crippen molar-refractivity contribution < 1.29 is 9.53 Å². The molecule has 0 aliphatic carbocycles. The summed E-state index contributed by atoms with van der Waals surface area (Å²) < 4.78 is 7.06. The van der Waals surface area contributed by atoms with E-state index in [0.29, 0.717) is 12.4 Å². The smallest absolute Gasteiger partial charge is 0.288 e. The molecule has 0 fully saturated rings. The number of hydrogen-bond donors (Lipinski definition) is 1. The van der Waals surface area contributed by atoms with Gasteiger partial charge in [-0.3, -0.25) is 4.79 Å². The molecule has 122 valence electrons. The molecule has 6 nitrogen and oxygen atoms in total. The van der Waals surface area contributed by atoms with Crippen molar-refractivity contribution in [2.24, 2.45) is 5.73 Å². The molecule has 0 saturated heterocycles. The molecule has 0 unspecified atom stereocenters. The van der Waals surface area contributed by atoms with Crippen LogP contribution in [-0.4, -0.2) is 27.3 Å². The lowest BCUT2D eigenvalue weighted by Crippen LogP contribution is -2.13. The van der Waals surface area contributed by atoms with Gasteiger partial charge in [-0.25, -0.2) is 9.67 Å². The molecule has 1 heterocycles. The number of aromatic nitrogens is 3. The number of carbonyl (C=O) groups is 1. The molecule has 1 aromatic heterocycles. The van der Waals surface area contributed by atoms with Crippen molar-refractivity contribution in [3.05, 3.63) is 59.9 Å². The number of nitrogens with zero attached hydrogens (tertiary/aromatic N) is 3. The van der Waals surface area contributed by atoms with Gasteiger partial charge in [-0.05, 0) is 38.1 Å². The van der Waals surface area contributed by atoms with E-state index in [1.165, 1.54) is 0 Å². The lowest BCUT2D eigenvalue weighted by Gasteiger charge is -2.08. The molecule has 0 saturated carbocycles. The van der Waals surface area contributed by atoms with Gasteiger partial charge < -0.3 is 10.5 Å². The third kappa shape index (κ3) is 3.12. The second kappa shape index (κ2) is 6.54. The van der Waals surface area contributed by atoms with Gasteiger partial charge in [-0.2, -0.15) is 0 Å². The topological polar surface area (TPSA) is 83.0 Å². The molecule has 1 amide bonds. The Hall–Kier alpha value is -3.15. The first-order chi connectivity index (χ1) is 11.6. The van der Waals surface area contributed by atoms with E-state index in [2.05, 4.69) is 10.1 Å². The molecule has 0 aliphatic heterocycles. The average molecular weight is 322 g/mol. The number of nitrogens with two attached hydrogens (primary N) is 1. The third-order valence-corrected chi connectivity index (χ3v) is 3.53. The maximum Gasteiger partial charge on any atom is 0.288 e. The number of amides is 1. The number of hydrogen-bond acceptors (Lipinski definition) is 4. The second-order valence-electron chi connectivity index (χ2n) is 5.33. The van der Waals surface area contributed by atoms with Crippen LogP contribution in [0.2, 0.25) is 0 Å². The van der Waals surface area contributed by atoms with Gasteiger partial charge in [0.2, 0.25) is 5.82 Å². The first-order valence-electron chi connectivity index (χ1n) is 7.65. The van der Waals surface area contributed by atoms with Crippen molar-refractivity contribution in [3.8, 4) is 22.8 Å². The molecule has 0 spiro atoms. The van der Waals surface area contributed by atoms with E-state index in [-0.39, 0.29) is 5.82 Å². The first-order valence-corrected chi connectivity index (χ1v) is 7.65. The molecule has 3 rings (SSSR count). The first kappa shape index (κ1) is 15.7. The van der Waals surface area contributed by atoms with Crippen molar-refractivity contribution in [1.29, 1.82) is 0 Å². The van der Waals surface area contributed by atoms with Gasteiger partial charge in [0.1, 0.15) is 5.75 Å². The van der Waals surface area contributed by atoms with Crippen molar-refractivity contribution in [1.82, 2.24) is 14.8 Å². The molecular formula is C18H18N4O2. The van der Waals surface area contributed by atoms with Crippen LogP contribution >= 0.6 is 0 Å². The predicted molar refractivity (Wildman–Crippen MR) is 91.2 cm³/mol. The zero-order valence-corrected chi connectivity index (χ0v) is 13.6. The van der Waals surface area contributed by atoms with Crippen molar-refractivity contribution in [2.75, 3.05) is 6.61 Å². The fourth-order valence-electron chi connectivity index (χ4n) is 2.34. The number of rotatable bonds is 5. The standard InChI is InChI=1S/C18H18N4O2/c1-3-24-15-10-8-14(9-11-15)22-18(20-17(21-22)16(19)23)13-6-4-12(2)5-7-13/h4-11H,3H2,1-2H3,(H2,19,23). The minimum atomic E-state index is -0.659. The summed E-state index contributed by atoms with van der Waals surface area (Å²) in [6, 6.07) is 15.3. The Balaban J connectivity index is 2.08. The summed E-state index contributed by atoms with van der Waals surface area (Å²) in [4.78, 5) is 15.8. The van der Waals surface area contributed by atoms with Crippen LogP contribution < -0.4 is 10.5 Å². The lowest BCUT2D eigenvalue weighted by molar-refractivity contribution is 0.0990. The van der Waals surface area contributed by atoms with E-state index >= 15 is 0 Å². The van der Waals surface area contributed by atoms with E-state index in [9.17, 15) is 4.79 Å². The third-order valence-electron chi connectivity index (χ3n) is 3.53. The predicted octanol–water partition coefficient (Wildman–Crippen LogP) is 2.74. The van der Waals surface area contributed by atoms with E-state index in [1.807, 2.05) is 62.4 Å². The number of aryl methyl sites for hydroxylation is 1. The van der Waals surface area contributed by atoms with E-state index < -0.39 is 5.91 Å². The van der Waals surface area contributed by atoms with Crippen molar-refractivity contribution in [2.45, 2.75) is 13.8 Å². The van der Waals surface area contributed by atoms with Crippen LogP contribution in [0.15, 0.2) is 48.5 Å². The minimum absolute atomic E-state index is 0.0144. The number of benzene rings is 2. The normalized spacial score (nSPS) is 10.6. The van der Waals surface area contributed by atoms with Crippen molar-refractivity contribution in [3.63, 3.8) is 0 Å². The van der Waals surface area contributed by atoms with Crippen LogP contribution in [0.4, 0.5) is 0 Å². The summed E-state index contributed by atoms with van der Waals surface area (Å²) in [5.41, 5.74) is 8.11. The summed E-state index contributed by atoms with van der Waals surface area (Å²) in [5, 5.41) is 4.24. The lowest BCUT2D eigenvalue weighted by atomic mass is 10.1. The Kier molecular flexibility index (Phi) is 4.29. The van der Waals surface area contributed by atoms with Crippen LogP contribution in [0.3, 0.4) is 0 Å². The monoisotopic (exact) mass is 322 g/mol. The summed E-state index contributed by atoms with van der Waals surface area (Å²) in [7, 11) is 0. The highest BCUT2D eigenvalue weighted by Crippen LogP contribution is 2.23.